The van der Waals surface area contributed by atoms with E-state index >= 15 is 0 Å². The van der Waals surface area contributed by atoms with Gasteiger partial charge in [0.05, 0.1) is 11.8 Å². The molecule has 3 rings (SSSR count). The smallest absolute Gasteiger partial charge is 0.259 e. The predicted molar refractivity (Wildman–Crippen MR) is 73.0 cm³/mol. The van der Waals surface area contributed by atoms with Gasteiger partial charge in [-0.1, -0.05) is 35.5 Å². The second-order valence-electron chi connectivity index (χ2n) is 4.43. The molecule has 0 aliphatic rings. The number of benzene rings is 1. The van der Waals surface area contributed by atoms with Crippen LogP contribution >= 0.6 is 0 Å². The highest BCUT2D eigenvalue weighted by Gasteiger charge is 2.09. The topological polar surface area (TPSA) is 72.0 Å². The molecule has 3 aromatic rings. The first-order valence-corrected chi connectivity index (χ1v) is 6.32. The maximum absolute atomic E-state index is 9.38. The van der Waals surface area contributed by atoms with E-state index in [1.54, 1.807) is 12.3 Å². The summed E-state index contributed by atoms with van der Waals surface area (Å²) in [7, 11) is 0. The molecule has 0 spiro atoms. The van der Waals surface area contributed by atoms with E-state index in [0.29, 0.717) is 23.7 Å². The second-order valence-corrected chi connectivity index (χ2v) is 4.43. The van der Waals surface area contributed by atoms with Crippen molar-refractivity contribution in [2.75, 3.05) is 0 Å². The standard InChI is InChI=1S/C15H13N3O2/c19-13-8-12(9-16-10-13)15-17-14(18-20-15)7-6-11-4-2-1-3-5-11/h1-5,8-10,19H,6-7H2. The van der Waals surface area contributed by atoms with Crippen LogP contribution in [-0.2, 0) is 12.8 Å². The third-order valence-electron chi connectivity index (χ3n) is 2.92. The Balaban J connectivity index is 1.71. The molecule has 0 aliphatic heterocycles. The van der Waals surface area contributed by atoms with Crippen molar-refractivity contribution in [3.63, 3.8) is 0 Å². The molecule has 2 aromatic heterocycles. The number of pyridine rings is 1. The molecule has 0 atom stereocenters. The average Bonchev–Trinajstić information content (AvgIpc) is 2.95. The zero-order chi connectivity index (χ0) is 13.8. The summed E-state index contributed by atoms with van der Waals surface area (Å²) in [5, 5.41) is 13.3. The first-order valence-electron chi connectivity index (χ1n) is 6.32. The second kappa shape index (κ2) is 5.52. The van der Waals surface area contributed by atoms with E-state index in [-0.39, 0.29) is 5.75 Å². The lowest BCUT2D eigenvalue weighted by Gasteiger charge is -1.96. The van der Waals surface area contributed by atoms with Crippen LogP contribution in [0.5, 0.6) is 5.75 Å². The van der Waals surface area contributed by atoms with Gasteiger partial charge < -0.3 is 9.63 Å². The molecule has 5 heteroatoms. The molecule has 100 valence electrons. The van der Waals surface area contributed by atoms with E-state index in [1.807, 2.05) is 18.2 Å². The van der Waals surface area contributed by atoms with Crippen LogP contribution in [0, 0.1) is 0 Å². The van der Waals surface area contributed by atoms with Gasteiger partial charge in [-0.25, -0.2) is 0 Å². The summed E-state index contributed by atoms with van der Waals surface area (Å²) >= 11 is 0. The van der Waals surface area contributed by atoms with Crippen LogP contribution in [0.15, 0.2) is 53.3 Å². The van der Waals surface area contributed by atoms with Crippen LogP contribution in [0.2, 0.25) is 0 Å². The first-order chi connectivity index (χ1) is 9.81. The fourth-order valence-electron chi connectivity index (χ4n) is 1.92. The maximum atomic E-state index is 9.38. The summed E-state index contributed by atoms with van der Waals surface area (Å²) in [6, 6.07) is 11.7. The highest BCUT2D eigenvalue weighted by molar-refractivity contribution is 5.53. The molecular weight excluding hydrogens is 254 g/mol. The lowest BCUT2D eigenvalue weighted by Crippen LogP contribution is -1.93. The Morgan fingerprint density at radius 3 is 2.70 bits per heavy atom. The quantitative estimate of drug-likeness (QED) is 0.786. The molecule has 0 saturated carbocycles. The van der Waals surface area contributed by atoms with Crippen molar-refractivity contribution in [3.8, 4) is 17.2 Å². The SMILES string of the molecule is Oc1cncc(-c2nc(CCc3ccccc3)no2)c1. The molecule has 5 nitrogen and oxygen atoms in total. The number of aryl methyl sites for hydroxylation is 2. The van der Waals surface area contributed by atoms with E-state index in [9.17, 15) is 5.11 Å². The summed E-state index contributed by atoms with van der Waals surface area (Å²) in [5.74, 6) is 1.09. The van der Waals surface area contributed by atoms with Gasteiger partial charge in [-0.05, 0) is 18.1 Å². The molecule has 2 heterocycles. The van der Waals surface area contributed by atoms with Crippen molar-refractivity contribution in [2.24, 2.45) is 0 Å². The predicted octanol–water partition coefficient (Wildman–Crippen LogP) is 2.62. The molecule has 0 saturated heterocycles. The first kappa shape index (κ1) is 12.3. The van der Waals surface area contributed by atoms with Gasteiger partial charge in [0.1, 0.15) is 5.75 Å². The van der Waals surface area contributed by atoms with Crippen molar-refractivity contribution in [3.05, 3.63) is 60.2 Å². The van der Waals surface area contributed by atoms with E-state index in [4.69, 9.17) is 4.52 Å². The Morgan fingerprint density at radius 1 is 1.05 bits per heavy atom. The van der Waals surface area contributed by atoms with Crippen LogP contribution < -0.4 is 0 Å². The summed E-state index contributed by atoms with van der Waals surface area (Å²) in [6.45, 7) is 0. The van der Waals surface area contributed by atoms with Gasteiger partial charge in [-0.15, -0.1) is 0 Å². The number of hydrogen-bond donors (Lipinski definition) is 1. The molecule has 0 bridgehead atoms. The average molecular weight is 267 g/mol. The normalized spacial score (nSPS) is 10.6. The molecule has 0 amide bonds. The number of nitrogens with zero attached hydrogens (tertiary/aromatic N) is 3. The molecule has 20 heavy (non-hydrogen) atoms. The number of hydrogen-bond acceptors (Lipinski definition) is 5. The summed E-state index contributed by atoms with van der Waals surface area (Å²) in [6.07, 6.45) is 4.50. The van der Waals surface area contributed by atoms with E-state index < -0.39 is 0 Å². The fourth-order valence-corrected chi connectivity index (χ4v) is 1.92. The van der Waals surface area contributed by atoms with Gasteiger partial charge in [-0.2, -0.15) is 4.98 Å². The molecular formula is C15H13N3O2. The Bertz CT molecular complexity index is 695. The van der Waals surface area contributed by atoms with Gasteiger partial charge >= 0.3 is 0 Å². The monoisotopic (exact) mass is 267 g/mol. The van der Waals surface area contributed by atoms with Crippen molar-refractivity contribution >= 4 is 0 Å². The van der Waals surface area contributed by atoms with Crippen LogP contribution in [0.4, 0.5) is 0 Å². The maximum Gasteiger partial charge on any atom is 0.259 e. The van der Waals surface area contributed by atoms with Crippen LogP contribution in [0.3, 0.4) is 0 Å². The Morgan fingerprint density at radius 2 is 1.90 bits per heavy atom. The number of aromatic hydroxyl groups is 1. The Hall–Kier alpha value is -2.69. The number of aromatic nitrogens is 3. The fraction of sp³-hybridized carbons (Fsp3) is 0.133. The molecule has 1 N–H and O–H groups in total. The van der Waals surface area contributed by atoms with Crippen molar-refractivity contribution in [1.82, 2.24) is 15.1 Å². The van der Waals surface area contributed by atoms with E-state index in [0.717, 1.165) is 6.42 Å². The minimum absolute atomic E-state index is 0.0755. The van der Waals surface area contributed by atoms with Gasteiger partial charge in [0.2, 0.25) is 0 Å². The highest BCUT2D eigenvalue weighted by Crippen LogP contribution is 2.20. The van der Waals surface area contributed by atoms with Crippen LogP contribution in [0.1, 0.15) is 11.4 Å². The summed E-state index contributed by atoms with van der Waals surface area (Å²) < 4.78 is 5.18. The molecule has 1 aromatic carbocycles. The van der Waals surface area contributed by atoms with Crippen molar-refractivity contribution < 1.29 is 9.63 Å². The van der Waals surface area contributed by atoms with E-state index in [2.05, 4.69) is 27.3 Å². The van der Waals surface area contributed by atoms with Crippen molar-refractivity contribution in [2.45, 2.75) is 12.8 Å². The largest absolute Gasteiger partial charge is 0.506 e. The van der Waals surface area contributed by atoms with Crippen LogP contribution in [0.25, 0.3) is 11.5 Å². The zero-order valence-electron chi connectivity index (χ0n) is 10.7. The van der Waals surface area contributed by atoms with Crippen molar-refractivity contribution in [1.29, 1.82) is 0 Å². The lowest BCUT2D eigenvalue weighted by atomic mass is 10.1. The third kappa shape index (κ3) is 2.83. The summed E-state index contributed by atoms with van der Waals surface area (Å²) in [4.78, 5) is 8.19. The molecule has 0 radical (unpaired) electrons. The Labute approximate surface area is 115 Å². The number of rotatable bonds is 4. The Kier molecular flexibility index (Phi) is 3.41. The molecule has 0 aliphatic carbocycles. The van der Waals surface area contributed by atoms with Gasteiger partial charge in [0.25, 0.3) is 5.89 Å². The van der Waals surface area contributed by atoms with Gasteiger partial charge in [-0.3, -0.25) is 4.98 Å². The third-order valence-corrected chi connectivity index (χ3v) is 2.92. The van der Waals surface area contributed by atoms with Gasteiger partial charge in [0, 0.05) is 12.6 Å². The summed E-state index contributed by atoms with van der Waals surface area (Å²) in [5.41, 5.74) is 1.85. The van der Waals surface area contributed by atoms with Crippen LogP contribution in [-0.4, -0.2) is 20.2 Å². The zero-order valence-corrected chi connectivity index (χ0v) is 10.7. The lowest BCUT2D eigenvalue weighted by molar-refractivity contribution is 0.421. The van der Waals surface area contributed by atoms with Gasteiger partial charge in [0.15, 0.2) is 5.82 Å². The minimum Gasteiger partial charge on any atom is -0.506 e. The minimum atomic E-state index is 0.0755. The highest BCUT2D eigenvalue weighted by atomic mass is 16.5. The molecule has 0 fully saturated rings. The molecule has 0 unspecified atom stereocenters. The van der Waals surface area contributed by atoms with E-state index in [1.165, 1.54) is 11.8 Å².